The van der Waals surface area contributed by atoms with Gasteiger partial charge >= 0.3 is 0 Å². The SMILES string of the molecule is COc1c2c(cc(CCN(C)C)c1C(C)CC(=O)/C=C/c1ccc(Cl)cc1)OCO2. The second-order valence-electron chi connectivity index (χ2n) is 7.73. The topological polar surface area (TPSA) is 48.0 Å². The second-order valence-corrected chi connectivity index (χ2v) is 8.16. The van der Waals surface area contributed by atoms with Crippen LogP contribution in [0.3, 0.4) is 0 Å². The molecule has 1 aliphatic rings. The average molecular weight is 430 g/mol. The molecule has 1 heterocycles. The Morgan fingerprint density at radius 2 is 2.00 bits per heavy atom. The van der Waals surface area contributed by atoms with Gasteiger partial charge in [0.2, 0.25) is 12.5 Å². The quantitative estimate of drug-likeness (QED) is 0.527. The van der Waals surface area contributed by atoms with Crippen molar-refractivity contribution in [2.24, 2.45) is 0 Å². The normalized spacial score (nSPS) is 13.8. The van der Waals surface area contributed by atoms with E-state index in [0.717, 1.165) is 29.7 Å². The van der Waals surface area contributed by atoms with Crippen molar-refractivity contribution in [3.05, 3.63) is 58.1 Å². The van der Waals surface area contributed by atoms with E-state index in [4.69, 9.17) is 25.8 Å². The smallest absolute Gasteiger partial charge is 0.231 e. The molecule has 5 nitrogen and oxygen atoms in total. The molecule has 1 unspecified atom stereocenters. The highest BCUT2D eigenvalue weighted by molar-refractivity contribution is 6.30. The Bertz CT molecular complexity index is 922. The van der Waals surface area contributed by atoms with Gasteiger partial charge in [-0.1, -0.05) is 36.7 Å². The molecule has 0 aromatic heterocycles. The molecule has 0 bridgehead atoms. The molecule has 30 heavy (non-hydrogen) atoms. The summed E-state index contributed by atoms with van der Waals surface area (Å²) in [5.74, 6) is 2.01. The summed E-state index contributed by atoms with van der Waals surface area (Å²) in [6.45, 7) is 3.11. The zero-order valence-corrected chi connectivity index (χ0v) is 18.7. The first kappa shape index (κ1) is 22.2. The van der Waals surface area contributed by atoms with Crippen LogP contribution in [-0.2, 0) is 11.2 Å². The predicted octanol–water partition coefficient (Wildman–Crippen LogP) is 4.96. The van der Waals surface area contributed by atoms with Crippen LogP contribution in [-0.4, -0.2) is 45.2 Å². The van der Waals surface area contributed by atoms with Gasteiger partial charge in [0.05, 0.1) is 7.11 Å². The van der Waals surface area contributed by atoms with E-state index >= 15 is 0 Å². The van der Waals surface area contributed by atoms with Gasteiger partial charge in [0, 0.05) is 23.6 Å². The van der Waals surface area contributed by atoms with E-state index in [1.54, 1.807) is 13.2 Å². The van der Waals surface area contributed by atoms with E-state index in [0.29, 0.717) is 28.7 Å². The van der Waals surface area contributed by atoms with Crippen LogP contribution in [0, 0.1) is 0 Å². The highest BCUT2D eigenvalue weighted by Crippen LogP contribution is 2.48. The molecule has 1 atom stereocenters. The molecule has 0 aliphatic carbocycles. The molecule has 160 valence electrons. The lowest BCUT2D eigenvalue weighted by atomic mass is 9.88. The number of ether oxygens (including phenoxy) is 3. The number of carbonyl (C=O) groups excluding carboxylic acids is 1. The molecule has 0 amide bonds. The minimum Gasteiger partial charge on any atom is -0.492 e. The van der Waals surface area contributed by atoms with Crippen LogP contribution in [0.5, 0.6) is 17.2 Å². The Kier molecular flexibility index (Phi) is 7.40. The van der Waals surface area contributed by atoms with Crippen molar-refractivity contribution >= 4 is 23.5 Å². The van der Waals surface area contributed by atoms with Crippen LogP contribution in [0.4, 0.5) is 0 Å². The first-order chi connectivity index (χ1) is 14.4. The highest BCUT2D eigenvalue weighted by atomic mass is 35.5. The first-order valence-corrected chi connectivity index (χ1v) is 10.4. The monoisotopic (exact) mass is 429 g/mol. The number of nitrogens with zero attached hydrogens (tertiary/aromatic N) is 1. The maximum Gasteiger partial charge on any atom is 0.231 e. The highest BCUT2D eigenvalue weighted by Gasteiger charge is 2.28. The lowest BCUT2D eigenvalue weighted by molar-refractivity contribution is -0.114. The number of carbonyl (C=O) groups is 1. The summed E-state index contributed by atoms with van der Waals surface area (Å²) in [5.41, 5.74) is 3.07. The maximum atomic E-state index is 12.7. The van der Waals surface area contributed by atoms with Gasteiger partial charge in [0.15, 0.2) is 17.3 Å². The number of benzene rings is 2. The molecule has 3 rings (SSSR count). The Morgan fingerprint density at radius 3 is 2.67 bits per heavy atom. The van der Waals surface area contributed by atoms with Crippen molar-refractivity contribution in [2.75, 3.05) is 34.5 Å². The number of methoxy groups -OCH3 is 1. The minimum atomic E-state index is -0.0334. The van der Waals surface area contributed by atoms with Crippen molar-refractivity contribution in [1.29, 1.82) is 0 Å². The predicted molar refractivity (Wildman–Crippen MR) is 120 cm³/mol. The van der Waals surface area contributed by atoms with Gasteiger partial charge in [-0.25, -0.2) is 0 Å². The zero-order valence-electron chi connectivity index (χ0n) is 17.9. The van der Waals surface area contributed by atoms with E-state index in [1.165, 1.54) is 0 Å². The molecule has 2 aromatic rings. The lowest BCUT2D eigenvalue weighted by Gasteiger charge is -2.21. The Morgan fingerprint density at radius 1 is 1.27 bits per heavy atom. The molecule has 0 saturated heterocycles. The average Bonchev–Trinajstić information content (AvgIpc) is 3.18. The van der Waals surface area contributed by atoms with E-state index in [2.05, 4.69) is 4.90 Å². The van der Waals surface area contributed by atoms with E-state index in [-0.39, 0.29) is 18.5 Å². The van der Waals surface area contributed by atoms with E-state index in [9.17, 15) is 4.79 Å². The summed E-state index contributed by atoms with van der Waals surface area (Å²) < 4.78 is 17.0. The molecule has 0 fully saturated rings. The standard InChI is InChI=1S/C24H28ClNO4/c1-16(13-20(27)10-7-17-5-8-19(25)9-6-17)22-18(11-12-26(2)3)14-21-23(24(22)28-4)30-15-29-21/h5-10,14,16H,11-13,15H2,1-4H3/b10-7+. The fraction of sp³-hybridized carbons (Fsp3) is 0.375. The summed E-state index contributed by atoms with van der Waals surface area (Å²) in [7, 11) is 5.71. The van der Waals surface area contributed by atoms with Crippen molar-refractivity contribution < 1.29 is 19.0 Å². The van der Waals surface area contributed by atoms with Gasteiger partial charge in [0.1, 0.15) is 0 Å². The molecule has 0 saturated carbocycles. The molecule has 0 N–H and O–H groups in total. The Labute approximate surface area is 183 Å². The van der Waals surface area contributed by atoms with Crippen molar-refractivity contribution in [3.63, 3.8) is 0 Å². The first-order valence-electron chi connectivity index (χ1n) is 9.99. The lowest BCUT2D eigenvalue weighted by Crippen LogP contribution is -2.17. The van der Waals surface area contributed by atoms with Crippen LogP contribution >= 0.6 is 11.6 Å². The van der Waals surface area contributed by atoms with Gasteiger partial charge in [-0.05, 0) is 61.8 Å². The summed E-state index contributed by atoms with van der Waals surface area (Å²) in [6, 6.07) is 9.41. The largest absolute Gasteiger partial charge is 0.492 e. The zero-order chi connectivity index (χ0) is 21.7. The summed E-state index contributed by atoms with van der Waals surface area (Å²) in [6.07, 6.45) is 4.64. The third kappa shape index (κ3) is 5.35. The van der Waals surface area contributed by atoms with Crippen LogP contribution in [0.1, 0.15) is 36.0 Å². The van der Waals surface area contributed by atoms with Crippen molar-refractivity contribution in [1.82, 2.24) is 4.90 Å². The van der Waals surface area contributed by atoms with E-state index < -0.39 is 0 Å². The second kappa shape index (κ2) is 10.0. The number of hydrogen-bond acceptors (Lipinski definition) is 5. The summed E-state index contributed by atoms with van der Waals surface area (Å²) in [4.78, 5) is 14.8. The van der Waals surface area contributed by atoms with Gasteiger partial charge in [0.25, 0.3) is 0 Å². The third-order valence-corrected chi connectivity index (χ3v) is 5.36. The minimum absolute atomic E-state index is 0.0334. The summed E-state index contributed by atoms with van der Waals surface area (Å²) in [5, 5.41) is 0.673. The number of allylic oxidation sites excluding steroid dienone is 1. The number of rotatable bonds is 9. The van der Waals surface area contributed by atoms with Gasteiger partial charge < -0.3 is 19.1 Å². The fourth-order valence-electron chi connectivity index (χ4n) is 3.61. The van der Waals surface area contributed by atoms with Crippen LogP contribution < -0.4 is 14.2 Å². The van der Waals surface area contributed by atoms with E-state index in [1.807, 2.05) is 57.4 Å². The van der Waals surface area contributed by atoms with Gasteiger partial charge in [-0.2, -0.15) is 0 Å². The van der Waals surface area contributed by atoms with Crippen LogP contribution in [0.2, 0.25) is 5.02 Å². The molecule has 2 aromatic carbocycles. The molecule has 6 heteroatoms. The number of halogens is 1. The summed E-state index contributed by atoms with van der Waals surface area (Å²) >= 11 is 5.91. The number of fused-ring (bicyclic) bond motifs is 1. The number of ketones is 1. The van der Waals surface area contributed by atoms with Crippen LogP contribution in [0.15, 0.2) is 36.4 Å². The third-order valence-electron chi connectivity index (χ3n) is 5.11. The molecular weight excluding hydrogens is 402 g/mol. The maximum absolute atomic E-state index is 12.7. The molecule has 0 radical (unpaired) electrons. The molecule has 1 aliphatic heterocycles. The number of hydrogen-bond donors (Lipinski definition) is 0. The Balaban J connectivity index is 1.83. The van der Waals surface area contributed by atoms with Crippen LogP contribution in [0.25, 0.3) is 6.08 Å². The Hall–Kier alpha value is -2.50. The van der Waals surface area contributed by atoms with Gasteiger partial charge in [-0.3, -0.25) is 4.79 Å². The van der Waals surface area contributed by atoms with Gasteiger partial charge in [-0.15, -0.1) is 0 Å². The molecular formula is C24H28ClNO4. The fourth-order valence-corrected chi connectivity index (χ4v) is 3.73. The number of likely N-dealkylation sites (N-methyl/N-ethyl adjacent to an activating group) is 1. The molecule has 0 spiro atoms. The van der Waals surface area contributed by atoms with Crippen molar-refractivity contribution in [2.45, 2.75) is 25.7 Å². The van der Waals surface area contributed by atoms with Crippen molar-refractivity contribution in [3.8, 4) is 17.2 Å².